The van der Waals surface area contributed by atoms with Crippen molar-refractivity contribution in [3.05, 3.63) is 98.5 Å². The lowest BCUT2D eigenvalue weighted by atomic mass is 10.0. The standard InChI is InChI=1S/C32H38Cl3N3O4S/c1-5-23(3)36-32(40)30(18-24-10-7-6-8-11-24)37(21-25-14-16-26(33)19-28(25)35)31(39)12-9-17-38(43(4,41)42)29-20-27(34)15-13-22(29)2/h6-8,10-11,13-16,19-20,23,30H,5,9,12,17-18,21H2,1-4H3,(H,36,40)/t23-,30+/m0/s1. The van der Waals surface area contributed by atoms with Crippen molar-refractivity contribution in [2.45, 2.75) is 65.1 Å². The lowest BCUT2D eigenvalue weighted by Gasteiger charge is -2.33. The first-order valence-electron chi connectivity index (χ1n) is 14.1. The van der Waals surface area contributed by atoms with Crippen LogP contribution in [0.5, 0.6) is 0 Å². The molecule has 0 spiro atoms. The SMILES string of the molecule is CC[C@H](C)NC(=O)[C@@H](Cc1ccccc1)N(Cc1ccc(Cl)cc1Cl)C(=O)CCCN(c1cc(Cl)ccc1C)S(C)(=O)=O. The number of aryl methyl sites for hydroxylation is 1. The van der Waals surface area contributed by atoms with E-state index in [9.17, 15) is 18.0 Å². The third-order valence-electron chi connectivity index (χ3n) is 7.22. The van der Waals surface area contributed by atoms with Crippen LogP contribution in [-0.2, 0) is 32.6 Å². The Hall–Kier alpha value is -2.78. The first kappa shape index (κ1) is 34.7. The van der Waals surface area contributed by atoms with Crippen molar-refractivity contribution < 1.29 is 18.0 Å². The Bertz CT molecular complexity index is 1520. The molecular weight excluding hydrogens is 629 g/mol. The Morgan fingerprint density at radius 2 is 1.60 bits per heavy atom. The summed E-state index contributed by atoms with van der Waals surface area (Å²) in [7, 11) is -3.66. The molecular formula is C32H38Cl3N3O4S. The van der Waals surface area contributed by atoms with Gasteiger partial charge in [-0.3, -0.25) is 13.9 Å². The molecule has 0 saturated heterocycles. The van der Waals surface area contributed by atoms with Crippen molar-refractivity contribution in [2.75, 3.05) is 17.1 Å². The van der Waals surface area contributed by atoms with Crippen molar-refractivity contribution in [3.8, 4) is 0 Å². The van der Waals surface area contributed by atoms with E-state index < -0.39 is 16.1 Å². The van der Waals surface area contributed by atoms with Gasteiger partial charge in [0.25, 0.3) is 0 Å². The number of rotatable bonds is 14. The zero-order chi connectivity index (χ0) is 31.7. The normalized spacial score (nSPS) is 12.8. The number of hydrogen-bond acceptors (Lipinski definition) is 4. The first-order chi connectivity index (χ1) is 20.3. The van der Waals surface area contributed by atoms with E-state index >= 15 is 0 Å². The molecule has 232 valence electrons. The molecule has 0 aliphatic heterocycles. The molecule has 3 aromatic rings. The second-order valence-corrected chi connectivity index (χ2v) is 13.8. The molecule has 0 radical (unpaired) electrons. The zero-order valence-electron chi connectivity index (χ0n) is 24.8. The highest BCUT2D eigenvalue weighted by atomic mass is 35.5. The van der Waals surface area contributed by atoms with Gasteiger partial charge in [0, 0.05) is 47.0 Å². The second kappa shape index (κ2) is 15.8. The predicted octanol–water partition coefficient (Wildman–Crippen LogP) is 7.06. The monoisotopic (exact) mass is 665 g/mol. The van der Waals surface area contributed by atoms with E-state index in [4.69, 9.17) is 34.8 Å². The molecule has 0 aliphatic carbocycles. The van der Waals surface area contributed by atoms with E-state index in [1.807, 2.05) is 44.2 Å². The minimum Gasteiger partial charge on any atom is -0.352 e. The Balaban J connectivity index is 1.94. The molecule has 7 nitrogen and oxygen atoms in total. The highest BCUT2D eigenvalue weighted by Crippen LogP contribution is 2.28. The molecule has 0 unspecified atom stereocenters. The van der Waals surface area contributed by atoms with Crippen LogP contribution in [0.25, 0.3) is 0 Å². The number of amides is 2. The van der Waals surface area contributed by atoms with Gasteiger partial charge in [0.1, 0.15) is 6.04 Å². The van der Waals surface area contributed by atoms with Gasteiger partial charge in [-0.2, -0.15) is 0 Å². The maximum atomic E-state index is 14.0. The first-order valence-corrected chi connectivity index (χ1v) is 17.1. The molecule has 3 rings (SSSR count). The van der Waals surface area contributed by atoms with E-state index in [1.165, 1.54) is 9.21 Å². The number of carbonyl (C=O) groups excluding carboxylic acids is 2. The molecule has 0 bridgehead atoms. The summed E-state index contributed by atoms with van der Waals surface area (Å²) in [6.45, 7) is 5.82. The molecule has 3 aromatic carbocycles. The highest BCUT2D eigenvalue weighted by molar-refractivity contribution is 7.92. The van der Waals surface area contributed by atoms with Crippen molar-refractivity contribution in [2.24, 2.45) is 0 Å². The summed E-state index contributed by atoms with van der Waals surface area (Å²) in [6, 6.07) is 18.7. The minimum absolute atomic E-state index is 0.00125. The van der Waals surface area contributed by atoms with Gasteiger partial charge in [0.15, 0.2) is 0 Å². The predicted molar refractivity (Wildman–Crippen MR) is 176 cm³/mol. The minimum atomic E-state index is -3.66. The van der Waals surface area contributed by atoms with E-state index in [-0.39, 0.29) is 50.2 Å². The van der Waals surface area contributed by atoms with E-state index in [0.29, 0.717) is 26.3 Å². The van der Waals surface area contributed by atoms with Crippen LogP contribution in [0.15, 0.2) is 66.7 Å². The lowest BCUT2D eigenvalue weighted by Crippen LogP contribution is -2.52. The maximum absolute atomic E-state index is 14.0. The number of carbonyl (C=O) groups is 2. The van der Waals surface area contributed by atoms with Crippen LogP contribution in [-0.4, -0.2) is 50.0 Å². The maximum Gasteiger partial charge on any atom is 0.243 e. The quantitative estimate of drug-likeness (QED) is 0.200. The molecule has 0 saturated carbocycles. The van der Waals surface area contributed by atoms with Crippen LogP contribution in [0.3, 0.4) is 0 Å². The second-order valence-electron chi connectivity index (χ2n) is 10.7. The van der Waals surface area contributed by atoms with Crippen molar-refractivity contribution >= 4 is 62.3 Å². The highest BCUT2D eigenvalue weighted by Gasteiger charge is 2.31. The average Bonchev–Trinajstić information content (AvgIpc) is 2.95. The number of sulfonamides is 1. The molecule has 0 fully saturated rings. The van der Waals surface area contributed by atoms with Crippen LogP contribution in [0.4, 0.5) is 5.69 Å². The Morgan fingerprint density at radius 3 is 2.23 bits per heavy atom. The summed E-state index contributed by atoms with van der Waals surface area (Å²) in [5.41, 5.74) is 2.74. The molecule has 1 N–H and O–H groups in total. The summed E-state index contributed by atoms with van der Waals surface area (Å²) in [5.74, 6) is -0.577. The third kappa shape index (κ3) is 10.1. The van der Waals surface area contributed by atoms with Gasteiger partial charge in [0.2, 0.25) is 21.8 Å². The topological polar surface area (TPSA) is 86.8 Å². The van der Waals surface area contributed by atoms with Crippen LogP contribution in [0.2, 0.25) is 15.1 Å². The largest absolute Gasteiger partial charge is 0.352 e. The molecule has 43 heavy (non-hydrogen) atoms. The molecule has 2 atom stereocenters. The van der Waals surface area contributed by atoms with Gasteiger partial charge < -0.3 is 10.2 Å². The van der Waals surface area contributed by atoms with Crippen molar-refractivity contribution in [3.63, 3.8) is 0 Å². The average molecular weight is 667 g/mol. The summed E-state index contributed by atoms with van der Waals surface area (Å²) in [5, 5.41) is 4.28. The third-order valence-corrected chi connectivity index (χ3v) is 9.22. The number of benzene rings is 3. The number of nitrogens with one attached hydrogen (secondary N) is 1. The molecule has 0 aliphatic rings. The van der Waals surface area contributed by atoms with Crippen LogP contribution in [0.1, 0.15) is 49.8 Å². The molecule has 0 heterocycles. The smallest absolute Gasteiger partial charge is 0.243 e. The van der Waals surface area contributed by atoms with Gasteiger partial charge in [-0.15, -0.1) is 0 Å². The fourth-order valence-corrected chi connectivity index (χ4v) is 6.31. The van der Waals surface area contributed by atoms with Gasteiger partial charge in [-0.25, -0.2) is 8.42 Å². The van der Waals surface area contributed by atoms with Gasteiger partial charge >= 0.3 is 0 Å². The van der Waals surface area contributed by atoms with E-state index in [2.05, 4.69) is 5.32 Å². The van der Waals surface area contributed by atoms with Crippen molar-refractivity contribution in [1.82, 2.24) is 10.2 Å². The summed E-state index contributed by atoms with van der Waals surface area (Å²) < 4.78 is 26.8. The summed E-state index contributed by atoms with van der Waals surface area (Å²) in [6.07, 6.45) is 2.36. The van der Waals surface area contributed by atoms with Crippen LogP contribution < -0.4 is 9.62 Å². The summed E-state index contributed by atoms with van der Waals surface area (Å²) >= 11 is 18.8. The van der Waals surface area contributed by atoms with Crippen LogP contribution >= 0.6 is 34.8 Å². The van der Waals surface area contributed by atoms with Gasteiger partial charge in [-0.05, 0) is 67.6 Å². The van der Waals surface area contributed by atoms with E-state index in [0.717, 1.165) is 23.8 Å². The Morgan fingerprint density at radius 1 is 0.953 bits per heavy atom. The van der Waals surface area contributed by atoms with Gasteiger partial charge in [-0.1, -0.05) is 84.2 Å². The number of halogens is 3. The Labute approximate surface area is 270 Å². The molecule has 0 aromatic heterocycles. The number of hydrogen-bond donors (Lipinski definition) is 1. The Kier molecular flexibility index (Phi) is 12.8. The lowest BCUT2D eigenvalue weighted by molar-refractivity contribution is -0.141. The number of anilines is 1. The molecule has 11 heteroatoms. The van der Waals surface area contributed by atoms with Crippen molar-refractivity contribution in [1.29, 1.82) is 0 Å². The number of nitrogens with zero attached hydrogens (tertiary/aromatic N) is 2. The van der Waals surface area contributed by atoms with E-state index in [1.54, 1.807) is 43.3 Å². The zero-order valence-corrected chi connectivity index (χ0v) is 27.9. The fourth-order valence-electron chi connectivity index (χ4n) is 4.66. The van der Waals surface area contributed by atoms with Crippen LogP contribution in [0, 0.1) is 6.92 Å². The summed E-state index contributed by atoms with van der Waals surface area (Å²) in [4.78, 5) is 29.2. The fraction of sp³-hybridized carbons (Fsp3) is 0.375. The van der Waals surface area contributed by atoms with Gasteiger partial charge in [0.05, 0.1) is 11.9 Å². The molecule has 2 amide bonds.